The minimum Gasteiger partial charge on any atom is -0.480 e. The Morgan fingerprint density at radius 3 is 3.18 bits per heavy atom. The second-order valence-electron chi connectivity index (χ2n) is 2.36. The molecule has 0 fully saturated rings. The van der Waals surface area contributed by atoms with Gasteiger partial charge in [0.25, 0.3) is 0 Å². The van der Waals surface area contributed by atoms with Gasteiger partial charge in [0.1, 0.15) is 11.9 Å². The van der Waals surface area contributed by atoms with Crippen LogP contribution in [0.5, 0.6) is 0 Å². The number of nitrogens with one attached hydrogen (secondary N) is 1. The Hall–Kier alpha value is -1.10. The van der Waals surface area contributed by atoms with E-state index >= 15 is 0 Å². The molecule has 62 valence electrons. The Bertz CT molecular complexity index is 190. The SMILES string of the molecule is NCC1=NCCC(C(=O)O)N1. The highest BCUT2D eigenvalue weighted by Gasteiger charge is 2.20. The van der Waals surface area contributed by atoms with Gasteiger partial charge in [-0.1, -0.05) is 0 Å². The highest BCUT2D eigenvalue weighted by Crippen LogP contribution is 1.98. The number of rotatable bonds is 2. The van der Waals surface area contributed by atoms with Crippen LogP contribution in [-0.2, 0) is 4.79 Å². The molecule has 0 aromatic heterocycles. The van der Waals surface area contributed by atoms with Crippen molar-refractivity contribution in [1.29, 1.82) is 0 Å². The van der Waals surface area contributed by atoms with E-state index in [0.717, 1.165) is 0 Å². The molecule has 0 spiro atoms. The van der Waals surface area contributed by atoms with Crippen LogP contribution in [0.1, 0.15) is 6.42 Å². The van der Waals surface area contributed by atoms with E-state index in [1.54, 1.807) is 0 Å². The second kappa shape index (κ2) is 3.34. The summed E-state index contributed by atoms with van der Waals surface area (Å²) in [6, 6.07) is -0.508. The van der Waals surface area contributed by atoms with Crippen molar-refractivity contribution >= 4 is 11.8 Å². The first-order valence-corrected chi connectivity index (χ1v) is 3.46. The molecule has 0 aromatic carbocycles. The second-order valence-corrected chi connectivity index (χ2v) is 2.36. The van der Waals surface area contributed by atoms with Crippen LogP contribution in [0.15, 0.2) is 4.99 Å². The number of carbonyl (C=O) groups is 1. The molecule has 0 bridgehead atoms. The largest absolute Gasteiger partial charge is 0.480 e. The van der Waals surface area contributed by atoms with Gasteiger partial charge in [0, 0.05) is 6.54 Å². The lowest BCUT2D eigenvalue weighted by atomic mass is 10.2. The first-order valence-electron chi connectivity index (χ1n) is 3.46. The molecule has 1 heterocycles. The lowest BCUT2D eigenvalue weighted by Crippen LogP contribution is -2.46. The van der Waals surface area contributed by atoms with Crippen molar-refractivity contribution in [3.05, 3.63) is 0 Å². The standard InChI is InChI=1S/C6H11N3O2/c7-3-5-8-2-1-4(9-5)6(10)11/h4H,1-3,7H2,(H,8,9)(H,10,11). The summed E-state index contributed by atoms with van der Waals surface area (Å²) >= 11 is 0. The van der Waals surface area contributed by atoms with Gasteiger partial charge >= 0.3 is 5.97 Å². The van der Waals surface area contributed by atoms with Gasteiger partial charge in [-0.25, -0.2) is 4.79 Å². The maximum atomic E-state index is 10.5. The number of carboxylic acid groups (broad SMARTS) is 1. The van der Waals surface area contributed by atoms with Crippen LogP contribution < -0.4 is 11.1 Å². The van der Waals surface area contributed by atoms with Crippen LogP contribution in [0.2, 0.25) is 0 Å². The zero-order valence-corrected chi connectivity index (χ0v) is 6.08. The highest BCUT2D eigenvalue weighted by atomic mass is 16.4. The Balaban J connectivity index is 2.53. The van der Waals surface area contributed by atoms with Crippen LogP contribution in [0, 0.1) is 0 Å². The molecule has 11 heavy (non-hydrogen) atoms. The van der Waals surface area contributed by atoms with E-state index in [0.29, 0.717) is 18.8 Å². The fourth-order valence-corrected chi connectivity index (χ4v) is 0.956. The van der Waals surface area contributed by atoms with Crippen LogP contribution in [0.25, 0.3) is 0 Å². The number of hydrogen-bond donors (Lipinski definition) is 3. The Kier molecular flexibility index (Phi) is 2.43. The normalized spacial score (nSPS) is 23.7. The summed E-state index contributed by atoms with van der Waals surface area (Å²) in [6.45, 7) is 0.834. The summed E-state index contributed by atoms with van der Waals surface area (Å²) in [5.74, 6) is -0.255. The van der Waals surface area contributed by atoms with Gasteiger partial charge in [-0.15, -0.1) is 0 Å². The monoisotopic (exact) mass is 157 g/mol. The number of nitrogens with zero attached hydrogens (tertiary/aromatic N) is 1. The molecule has 0 saturated heterocycles. The van der Waals surface area contributed by atoms with Gasteiger partial charge < -0.3 is 16.2 Å². The molecule has 1 rings (SSSR count). The van der Waals surface area contributed by atoms with E-state index in [4.69, 9.17) is 10.8 Å². The third-order valence-corrected chi connectivity index (χ3v) is 1.55. The topological polar surface area (TPSA) is 87.7 Å². The van der Waals surface area contributed by atoms with Crippen molar-refractivity contribution in [2.24, 2.45) is 10.7 Å². The lowest BCUT2D eigenvalue weighted by molar-refractivity contribution is -0.139. The fourth-order valence-electron chi connectivity index (χ4n) is 0.956. The minimum atomic E-state index is -0.842. The van der Waals surface area contributed by atoms with Crippen LogP contribution in [0.4, 0.5) is 0 Å². The van der Waals surface area contributed by atoms with Gasteiger partial charge in [-0.2, -0.15) is 0 Å². The van der Waals surface area contributed by atoms with Gasteiger partial charge in [0.2, 0.25) is 0 Å². The Morgan fingerprint density at radius 2 is 2.64 bits per heavy atom. The lowest BCUT2D eigenvalue weighted by Gasteiger charge is -2.19. The molecule has 0 radical (unpaired) electrons. The average Bonchev–Trinajstić information content (AvgIpc) is 2.05. The zero-order chi connectivity index (χ0) is 8.27. The maximum absolute atomic E-state index is 10.5. The first-order chi connectivity index (χ1) is 5.24. The first kappa shape index (κ1) is 8.00. The van der Waals surface area contributed by atoms with Crippen molar-refractivity contribution in [3.63, 3.8) is 0 Å². The van der Waals surface area contributed by atoms with Crippen LogP contribution in [0.3, 0.4) is 0 Å². The molecule has 0 saturated carbocycles. The number of aliphatic imine (C=N–C) groups is 1. The summed E-state index contributed by atoms with van der Waals surface area (Å²) in [5, 5.41) is 11.3. The van der Waals surface area contributed by atoms with Crippen LogP contribution in [-0.4, -0.2) is 36.0 Å². The zero-order valence-electron chi connectivity index (χ0n) is 6.08. The number of amidine groups is 1. The Labute approximate surface area is 64.3 Å². The van der Waals surface area contributed by atoms with Crippen LogP contribution >= 0.6 is 0 Å². The molecule has 1 aliphatic rings. The van der Waals surface area contributed by atoms with E-state index in [9.17, 15) is 4.79 Å². The number of aliphatic carboxylic acids is 1. The molecule has 1 atom stereocenters. The molecule has 0 aliphatic carbocycles. The molecule has 0 amide bonds. The molecular formula is C6H11N3O2. The van der Waals surface area contributed by atoms with Gasteiger partial charge in [0.05, 0.1) is 6.54 Å². The summed E-state index contributed by atoms with van der Waals surface area (Å²) < 4.78 is 0. The predicted molar refractivity (Wildman–Crippen MR) is 40.5 cm³/mol. The van der Waals surface area contributed by atoms with Crippen molar-refractivity contribution in [2.75, 3.05) is 13.1 Å². The van der Waals surface area contributed by atoms with E-state index in [2.05, 4.69) is 10.3 Å². The Morgan fingerprint density at radius 1 is 1.91 bits per heavy atom. The molecule has 1 unspecified atom stereocenters. The number of nitrogens with two attached hydrogens (primary N) is 1. The summed E-state index contributed by atoms with van der Waals surface area (Å²) in [6.07, 6.45) is 0.541. The van der Waals surface area contributed by atoms with Gasteiger partial charge in [-0.3, -0.25) is 4.99 Å². The van der Waals surface area contributed by atoms with E-state index < -0.39 is 12.0 Å². The van der Waals surface area contributed by atoms with Crippen molar-refractivity contribution in [1.82, 2.24) is 5.32 Å². The smallest absolute Gasteiger partial charge is 0.326 e. The molecule has 5 heteroatoms. The molecule has 1 aliphatic heterocycles. The number of hydrogen-bond acceptors (Lipinski definition) is 4. The van der Waals surface area contributed by atoms with E-state index in [-0.39, 0.29) is 6.54 Å². The van der Waals surface area contributed by atoms with Gasteiger partial charge in [0.15, 0.2) is 0 Å². The van der Waals surface area contributed by atoms with Crippen molar-refractivity contribution in [2.45, 2.75) is 12.5 Å². The van der Waals surface area contributed by atoms with Gasteiger partial charge in [-0.05, 0) is 6.42 Å². The molecule has 4 N–H and O–H groups in total. The third kappa shape index (κ3) is 1.91. The predicted octanol–water partition coefficient (Wildman–Crippen LogP) is -1.21. The highest BCUT2D eigenvalue weighted by molar-refractivity contribution is 5.89. The molecule has 0 aromatic rings. The maximum Gasteiger partial charge on any atom is 0.326 e. The fraction of sp³-hybridized carbons (Fsp3) is 0.667. The summed E-state index contributed by atoms with van der Waals surface area (Å²) in [4.78, 5) is 14.5. The summed E-state index contributed by atoms with van der Waals surface area (Å²) in [7, 11) is 0. The van der Waals surface area contributed by atoms with Crippen molar-refractivity contribution in [3.8, 4) is 0 Å². The summed E-state index contributed by atoms with van der Waals surface area (Å²) in [5.41, 5.74) is 5.28. The average molecular weight is 157 g/mol. The van der Waals surface area contributed by atoms with Crippen molar-refractivity contribution < 1.29 is 9.90 Å². The van der Waals surface area contributed by atoms with E-state index in [1.165, 1.54) is 0 Å². The number of carboxylic acids is 1. The minimum absolute atomic E-state index is 0.282. The quantitative estimate of drug-likeness (QED) is 0.469. The molecular weight excluding hydrogens is 146 g/mol. The molecule has 5 nitrogen and oxygen atoms in total. The third-order valence-electron chi connectivity index (χ3n) is 1.55. The van der Waals surface area contributed by atoms with E-state index in [1.807, 2.05) is 0 Å².